The van der Waals surface area contributed by atoms with Crippen LogP contribution in [-0.2, 0) is 0 Å². The van der Waals surface area contributed by atoms with Gasteiger partial charge in [0.15, 0.2) is 0 Å². The highest BCUT2D eigenvalue weighted by Gasteiger charge is 2.33. The summed E-state index contributed by atoms with van der Waals surface area (Å²) in [6.45, 7) is 3.74. The monoisotopic (exact) mass is 407 g/mol. The third-order valence-electron chi connectivity index (χ3n) is 5.34. The lowest BCUT2D eigenvalue weighted by molar-refractivity contribution is 0.0935. The molecule has 3 amide bonds. The van der Waals surface area contributed by atoms with E-state index < -0.39 is 0 Å². The van der Waals surface area contributed by atoms with E-state index in [0.717, 1.165) is 53.1 Å². The Kier molecular flexibility index (Phi) is 4.44. The fraction of sp³-hybridized carbons (Fsp3) is 0.286. The molecule has 0 radical (unpaired) electrons. The van der Waals surface area contributed by atoms with Crippen LogP contribution in [0.5, 0.6) is 0 Å². The number of anilines is 3. The number of aryl methyl sites for hydroxylation is 1. The summed E-state index contributed by atoms with van der Waals surface area (Å²) < 4.78 is 0. The largest absolute Gasteiger partial charge is 0.347 e. The number of rotatable bonds is 3. The van der Waals surface area contributed by atoms with Crippen molar-refractivity contribution >= 4 is 50.6 Å². The third kappa shape index (κ3) is 3.14. The maximum Gasteiger partial charge on any atom is 0.331 e. The predicted octanol–water partition coefficient (Wildman–Crippen LogP) is 3.77. The summed E-state index contributed by atoms with van der Waals surface area (Å²) in [7, 11) is 0. The van der Waals surface area contributed by atoms with Crippen molar-refractivity contribution in [3.63, 3.8) is 0 Å². The first kappa shape index (κ1) is 18.1. The molecule has 1 fully saturated rings. The third-order valence-corrected chi connectivity index (χ3v) is 6.44. The molecule has 1 saturated heterocycles. The molecule has 29 heavy (non-hydrogen) atoms. The molecular formula is C21H21N5O2S. The number of carbonyl (C=O) groups is 2. The number of nitrogens with one attached hydrogen (secondary N) is 3. The second kappa shape index (κ2) is 7.13. The van der Waals surface area contributed by atoms with Crippen molar-refractivity contribution in [1.82, 2.24) is 15.6 Å². The van der Waals surface area contributed by atoms with Crippen molar-refractivity contribution in [3.05, 3.63) is 47.0 Å². The average molecular weight is 407 g/mol. The van der Waals surface area contributed by atoms with E-state index in [1.807, 2.05) is 37.3 Å². The highest BCUT2D eigenvalue weighted by atomic mass is 32.1. The molecule has 4 heterocycles. The van der Waals surface area contributed by atoms with Crippen LogP contribution in [-0.4, -0.2) is 36.1 Å². The maximum atomic E-state index is 13.0. The van der Waals surface area contributed by atoms with E-state index in [2.05, 4.69) is 20.9 Å². The van der Waals surface area contributed by atoms with Gasteiger partial charge in [-0.15, -0.1) is 11.3 Å². The van der Waals surface area contributed by atoms with E-state index in [9.17, 15) is 9.59 Å². The second-order valence-corrected chi connectivity index (χ2v) is 8.44. The van der Waals surface area contributed by atoms with Gasteiger partial charge in [-0.25, -0.2) is 9.78 Å². The highest BCUT2D eigenvalue weighted by Crippen LogP contribution is 2.45. The minimum Gasteiger partial charge on any atom is -0.347 e. The van der Waals surface area contributed by atoms with Crippen LogP contribution < -0.4 is 20.9 Å². The number of pyridine rings is 1. The van der Waals surface area contributed by atoms with Gasteiger partial charge in [-0.1, -0.05) is 12.1 Å². The molecule has 148 valence electrons. The maximum absolute atomic E-state index is 13.0. The van der Waals surface area contributed by atoms with Gasteiger partial charge < -0.3 is 16.0 Å². The molecule has 0 saturated carbocycles. The summed E-state index contributed by atoms with van der Waals surface area (Å²) in [5, 5.41) is 10.1. The minimum absolute atomic E-state index is 0.101. The molecule has 0 spiro atoms. The second-order valence-electron chi connectivity index (χ2n) is 7.44. The van der Waals surface area contributed by atoms with Gasteiger partial charge in [0.2, 0.25) is 0 Å². The van der Waals surface area contributed by atoms with Gasteiger partial charge in [0, 0.05) is 18.8 Å². The Morgan fingerprint density at radius 1 is 1.34 bits per heavy atom. The molecule has 0 aliphatic carbocycles. The van der Waals surface area contributed by atoms with Gasteiger partial charge >= 0.3 is 6.03 Å². The lowest BCUT2D eigenvalue weighted by atomic mass is 10.1. The van der Waals surface area contributed by atoms with Crippen molar-refractivity contribution in [2.24, 2.45) is 0 Å². The number of amides is 3. The molecule has 1 atom stereocenters. The van der Waals surface area contributed by atoms with Crippen molar-refractivity contribution in [2.75, 3.05) is 23.3 Å². The predicted molar refractivity (Wildman–Crippen MR) is 115 cm³/mol. The lowest BCUT2D eigenvalue weighted by Crippen LogP contribution is -2.45. The average Bonchev–Trinajstić information content (AvgIpc) is 3.09. The summed E-state index contributed by atoms with van der Waals surface area (Å²) in [4.78, 5) is 33.3. The van der Waals surface area contributed by atoms with E-state index in [1.54, 1.807) is 11.1 Å². The Labute approximate surface area is 172 Å². The first-order valence-electron chi connectivity index (χ1n) is 9.72. The first-order chi connectivity index (χ1) is 14.1. The number of urea groups is 1. The fourth-order valence-corrected chi connectivity index (χ4v) is 5.02. The fourth-order valence-electron chi connectivity index (χ4n) is 3.99. The van der Waals surface area contributed by atoms with Gasteiger partial charge in [0.25, 0.3) is 5.91 Å². The zero-order chi connectivity index (χ0) is 20.0. The van der Waals surface area contributed by atoms with Crippen LogP contribution >= 0.6 is 11.3 Å². The first-order valence-corrected chi connectivity index (χ1v) is 10.5. The van der Waals surface area contributed by atoms with E-state index in [0.29, 0.717) is 10.6 Å². The Balaban J connectivity index is 1.57. The van der Waals surface area contributed by atoms with Crippen LogP contribution in [0.15, 0.2) is 36.5 Å². The minimum atomic E-state index is -0.276. The number of benzene rings is 1. The smallest absolute Gasteiger partial charge is 0.331 e. The number of aromatic nitrogens is 1. The van der Waals surface area contributed by atoms with Crippen LogP contribution in [0.3, 0.4) is 0 Å². The Bertz CT molecular complexity index is 1120. The Morgan fingerprint density at radius 3 is 3.03 bits per heavy atom. The molecule has 3 aromatic rings. The molecule has 0 unspecified atom stereocenters. The van der Waals surface area contributed by atoms with Gasteiger partial charge in [-0.2, -0.15) is 0 Å². The van der Waals surface area contributed by atoms with Crippen LogP contribution in [0.4, 0.5) is 21.9 Å². The molecular weight excluding hydrogens is 386 g/mol. The number of hydrogen-bond acceptors (Lipinski definition) is 5. The summed E-state index contributed by atoms with van der Waals surface area (Å²) in [5.74, 6) is -0.160. The Hall–Kier alpha value is -2.97. The quantitative estimate of drug-likeness (QED) is 0.617. The Morgan fingerprint density at radius 2 is 2.24 bits per heavy atom. The zero-order valence-electron chi connectivity index (χ0n) is 16.0. The van der Waals surface area contributed by atoms with E-state index >= 15 is 0 Å². The van der Waals surface area contributed by atoms with Crippen LogP contribution in [0, 0.1) is 6.92 Å². The number of hydrogen-bond donors (Lipinski definition) is 3. The summed E-state index contributed by atoms with van der Waals surface area (Å²) >= 11 is 1.32. The van der Waals surface area contributed by atoms with Crippen molar-refractivity contribution in [1.29, 1.82) is 0 Å². The molecule has 1 aromatic carbocycles. The number of piperidine rings is 1. The van der Waals surface area contributed by atoms with E-state index in [-0.39, 0.29) is 18.0 Å². The summed E-state index contributed by atoms with van der Waals surface area (Å²) in [6.07, 6.45) is 3.68. The van der Waals surface area contributed by atoms with Gasteiger partial charge in [-0.05, 0) is 50.1 Å². The van der Waals surface area contributed by atoms with Gasteiger partial charge in [0.1, 0.15) is 9.71 Å². The summed E-state index contributed by atoms with van der Waals surface area (Å²) in [5.41, 5.74) is 3.15. The molecule has 8 heteroatoms. The molecule has 3 N–H and O–H groups in total. The van der Waals surface area contributed by atoms with Gasteiger partial charge in [-0.3, -0.25) is 9.69 Å². The molecule has 5 rings (SSSR count). The molecule has 7 nitrogen and oxygen atoms in total. The number of carbonyl (C=O) groups excluding carboxylic acids is 2. The lowest BCUT2D eigenvalue weighted by Gasteiger charge is -2.29. The van der Waals surface area contributed by atoms with Crippen molar-refractivity contribution in [3.8, 4) is 0 Å². The molecule has 0 bridgehead atoms. The van der Waals surface area contributed by atoms with Gasteiger partial charge in [0.05, 0.1) is 22.4 Å². The standard InChI is InChI=1S/C21H21N5O2S/c1-12-4-2-6-14(10-12)26-15-7-9-23-20-16(15)17(25-21(26)28)18(29-20)19(27)24-13-5-3-8-22-11-13/h2,4,6-7,9-10,13,22H,3,5,8,11H2,1H3,(H,24,27)(H,25,28)/t13-/m1/s1. The molecule has 2 aliphatic rings. The number of nitrogens with zero attached hydrogens (tertiary/aromatic N) is 2. The van der Waals surface area contributed by atoms with Crippen LogP contribution in [0.25, 0.3) is 10.2 Å². The van der Waals surface area contributed by atoms with Crippen molar-refractivity contribution < 1.29 is 9.59 Å². The van der Waals surface area contributed by atoms with Crippen LogP contribution in [0.2, 0.25) is 0 Å². The van der Waals surface area contributed by atoms with E-state index in [1.165, 1.54) is 11.3 Å². The highest BCUT2D eigenvalue weighted by molar-refractivity contribution is 7.21. The SMILES string of the molecule is Cc1cccc(N2C(=O)Nc3c(C(=O)N[C@@H]4CCCNC4)sc4nccc2c34)c1. The molecule has 2 aliphatic heterocycles. The summed E-state index contributed by atoms with van der Waals surface area (Å²) in [6, 6.07) is 9.44. The topological polar surface area (TPSA) is 86.4 Å². The number of thiophene rings is 1. The zero-order valence-corrected chi connectivity index (χ0v) is 16.8. The van der Waals surface area contributed by atoms with E-state index in [4.69, 9.17) is 0 Å². The molecule has 2 aromatic heterocycles. The van der Waals surface area contributed by atoms with Crippen molar-refractivity contribution in [2.45, 2.75) is 25.8 Å². The normalized spacial score (nSPS) is 18.6. The van der Waals surface area contributed by atoms with Crippen LogP contribution in [0.1, 0.15) is 28.1 Å².